The molecule has 1 fully saturated rings. The quantitative estimate of drug-likeness (QED) is 0.677. The number of nitrogens with one attached hydrogen (secondary N) is 1. The fourth-order valence-electron chi connectivity index (χ4n) is 5.68. The molecule has 2 unspecified atom stereocenters. The number of rotatable bonds is 6. The molecule has 1 amide bonds. The summed E-state index contributed by atoms with van der Waals surface area (Å²) >= 11 is 0. The molecule has 3 aliphatic rings. The summed E-state index contributed by atoms with van der Waals surface area (Å²) in [7, 11) is 0. The molecule has 1 saturated carbocycles. The highest BCUT2D eigenvalue weighted by molar-refractivity contribution is 5.92. The van der Waals surface area contributed by atoms with E-state index in [0.29, 0.717) is 31.0 Å². The van der Waals surface area contributed by atoms with Crippen LogP contribution in [-0.2, 0) is 9.59 Å². The van der Waals surface area contributed by atoms with E-state index in [0.717, 1.165) is 56.2 Å². The highest BCUT2D eigenvalue weighted by Gasteiger charge is 2.44. The van der Waals surface area contributed by atoms with Crippen LogP contribution < -0.4 is 5.32 Å². The minimum atomic E-state index is -0.830. The van der Waals surface area contributed by atoms with E-state index in [1.165, 1.54) is 5.57 Å². The Morgan fingerprint density at radius 1 is 1.35 bits per heavy atom. The molecule has 0 aromatic carbocycles. The largest absolute Gasteiger partial charge is 0.385 e. The average molecular weight is 423 g/mol. The van der Waals surface area contributed by atoms with E-state index < -0.39 is 5.60 Å². The minimum absolute atomic E-state index is 0.0292. The second kappa shape index (κ2) is 9.47. The van der Waals surface area contributed by atoms with Gasteiger partial charge in [0.2, 0.25) is 5.91 Å². The number of hydrogen-bond acceptors (Lipinski definition) is 4. The number of aromatic nitrogens is 1. The van der Waals surface area contributed by atoms with Crippen LogP contribution in [0, 0.1) is 17.8 Å². The smallest absolute Gasteiger partial charge is 0.227 e. The molecule has 4 atom stereocenters. The van der Waals surface area contributed by atoms with Crippen LogP contribution in [0.15, 0.2) is 47.8 Å². The summed E-state index contributed by atoms with van der Waals surface area (Å²) in [6, 6.07) is 3.66. The van der Waals surface area contributed by atoms with E-state index in [4.69, 9.17) is 0 Å². The van der Waals surface area contributed by atoms with Crippen molar-refractivity contribution < 1.29 is 14.7 Å². The number of Topliss-reactive ketones (excluding diaryl/α,β-unsaturated/α-hetero) is 1. The van der Waals surface area contributed by atoms with Gasteiger partial charge in [-0.2, -0.15) is 0 Å². The van der Waals surface area contributed by atoms with Crippen molar-refractivity contribution >= 4 is 17.4 Å². The molecule has 0 spiro atoms. The molecule has 5 nitrogen and oxygen atoms in total. The molecule has 5 heteroatoms. The fourth-order valence-corrected chi connectivity index (χ4v) is 5.68. The Morgan fingerprint density at radius 2 is 2.23 bits per heavy atom. The van der Waals surface area contributed by atoms with Crippen molar-refractivity contribution in [2.24, 2.45) is 17.8 Å². The second-order valence-electron chi connectivity index (χ2n) is 9.47. The van der Waals surface area contributed by atoms with Gasteiger partial charge in [0, 0.05) is 25.0 Å². The number of carbonyl (C=O) groups excluding carboxylic acids is 2. The molecule has 1 heterocycles. The zero-order chi connectivity index (χ0) is 21.8. The number of amides is 1. The Bertz CT molecular complexity index is 876. The maximum atomic E-state index is 12.8. The Balaban J connectivity index is 1.43. The van der Waals surface area contributed by atoms with Gasteiger partial charge in [0.25, 0.3) is 0 Å². The fraction of sp³-hybridized carbons (Fsp3) is 0.577. The van der Waals surface area contributed by atoms with E-state index in [1.54, 1.807) is 12.4 Å². The van der Waals surface area contributed by atoms with E-state index in [-0.39, 0.29) is 17.7 Å². The first kappa shape index (κ1) is 21.9. The van der Waals surface area contributed by atoms with Gasteiger partial charge in [0.05, 0.1) is 17.5 Å². The van der Waals surface area contributed by atoms with Gasteiger partial charge < -0.3 is 10.4 Å². The molecule has 31 heavy (non-hydrogen) atoms. The van der Waals surface area contributed by atoms with Crippen LogP contribution >= 0.6 is 0 Å². The van der Waals surface area contributed by atoms with E-state index >= 15 is 0 Å². The maximum absolute atomic E-state index is 12.8. The van der Waals surface area contributed by atoms with Gasteiger partial charge in [-0.25, -0.2) is 0 Å². The van der Waals surface area contributed by atoms with Crippen LogP contribution in [0.3, 0.4) is 0 Å². The topological polar surface area (TPSA) is 79.3 Å². The predicted octanol–water partition coefficient (Wildman–Crippen LogP) is 4.98. The number of fused-ring (bicyclic) bond motifs is 2. The summed E-state index contributed by atoms with van der Waals surface area (Å²) in [6.45, 7) is 2.05. The monoisotopic (exact) mass is 422 g/mol. The van der Waals surface area contributed by atoms with Gasteiger partial charge in [0.15, 0.2) is 0 Å². The number of aliphatic hydroxyl groups is 1. The Morgan fingerprint density at radius 3 is 3.00 bits per heavy atom. The third-order valence-corrected chi connectivity index (χ3v) is 7.62. The third-order valence-electron chi connectivity index (χ3n) is 7.62. The van der Waals surface area contributed by atoms with Crippen molar-refractivity contribution in [1.82, 2.24) is 4.98 Å². The van der Waals surface area contributed by atoms with E-state index in [1.807, 2.05) is 19.1 Å². The third kappa shape index (κ3) is 4.82. The van der Waals surface area contributed by atoms with E-state index in [2.05, 4.69) is 22.5 Å². The lowest BCUT2D eigenvalue weighted by Gasteiger charge is -2.40. The lowest BCUT2D eigenvalue weighted by molar-refractivity contribution is -0.121. The maximum Gasteiger partial charge on any atom is 0.227 e. The Kier molecular flexibility index (Phi) is 6.71. The molecule has 4 rings (SSSR count). The van der Waals surface area contributed by atoms with Crippen LogP contribution in [-0.4, -0.2) is 27.4 Å². The highest BCUT2D eigenvalue weighted by atomic mass is 16.3. The Labute approximate surface area is 185 Å². The summed E-state index contributed by atoms with van der Waals surface area (Å²) in [5.74, 6) is 0.755. The lowest BCUT2D eigenvalue weighted by atomic mass is 9.69. The molecule has 1 aromatic rings. The summed E-state index contributed by atoms with van der Waals surface area (Å²) in [6.07, 6.45) is 15.8. The SMILES string of the molecule is CCC(CC[C@@H]1CCC=C2C=C3CCC(=O)CC3CC[C@@]21O)C(=O)Nc1cccnc1. The molecular weight excluding hydrogens is 388 g/mol. The van der Waals surface area contributed by atoms with Crippen molar-refractivity contribution in [3.05, 3.63) is 47.8 Å². The molecule has 0 saturated heterocycles. The molecular formula is C26H34N2O3. The summed E-state index contributed by atoms with van der Waals surface area (Å²) in [4.78, 5) is 28.8. The normalized spacial score (nSPS) is 29.0. The van der Waals surface area contributed by atoms with Crippen LogP contribution in [0.1, 0.15) is 71.1 Å². The standard InChI is InChI=1S/C26H34N2O3/c1-2-18(25(30)28-23-7-4-14-27-17-23)8-10-21-5-3-6-22-15-19-9-11-24(29)16-20(19)12-13-26(21,22)31/h4,6-7,14-15,17-18,20-21,31H,2-3,5,8-13,16H2,1H3,(H,28,30)/t18?,20?,21-,26-/m0/s1. The molecule has 1 aromatic heterocycles. The molecule has 0 bridgehead atoms. The number of nitrogens with zero attached hydrogens (tertiary/aromatic N) is 1. The van der Waals surface area contributed by atoms with Gasteiger partial charge in [-0.3, -0.25) is 14.6 Å². The first-order chi connectivity index (χ1) is 15.0. The van der Waals surface area contributed by atoms with Crippen molar-refractivity contribution in [2.75, 3.05) is 5.32 Å². The number of allylic oxidation sites excluding steroid dienone is 2. The Hall–Kier alpha value is -2.27. The van der Waals surface area contributed by atoms with Crippen molar-refractivity contribution in [3.63, 3.8) is 0 Å². The number of carbonyl (C=O) groups is 2. The van der Waals surface area contributed by atoms with Gasteiger partial charge in [0.1, 0.15) is 5.78 Å². The number of ketones is 1. The first-order valence-electron chi connectivity index (χ1n) is 11.9. The predicted molar refractivity (Wildman–Crippen MR) is 121 cm³/mol. The zero-order valence-corrected chi connectivity index (χ0v) is 18.5. The zero-order valence-electron chi connectivity index (χ0n) is 18.5. The lowest BCUT2D eigenvalue weighted by Crippen LogP contribution is -2.41. The number of anilines is 1. The molecule has 2 N–H and O–H groups in total. The van der Waals surface area contributed by atoms with Crippen molar-refractivity contribution in [3.8, 4) is 0 Å². The van der Waals surface area contributed by atoms with E-state index in [9.17, 15) is 14.7 Å². The molecule has 0 aliphatic heterocycles. The second-order valence-corrected chi connectivity index (χ2v) is 9.47. The molecule has 0 radical (unpaired) electrons. The van der Waals surface area contributed by atoms with Crippen LogP contribution in [0.2, 0.25) is 0 Å². The number of pyridine rings is 1. The van der Waals surface area contributed by atoms with Gasteiger partial charge in [-0.1, -0.05) is 24.6 Å². The number of hydrogen-bond donors (Lipinski definition) is 2. The van der Waals surface area contributed by atoms with Crippen LogP contribution in [0.25, 0.3) is 0 Å². The van der Waals surface area contributed by atoms with Gasteiger partial charge in [-0.15, -0.1) is 0 Å². The van der Waals surface area contributed by atoms with Crippen molar-refractivity contribution in [1.29, 1.82) is 0 Å². The van der Waals surface area contributed by atoms with Crippen LogP contribution in [0.4, 0.5) is 5.69 Å². The molecule has 166 valence electrons. The van der Waals surface area contributed by atoms with Gasteiger partial charge >= 0.3 is 0 Å². The summed E-state index contributed by atoms with van der Waals surface area (Å²) in [5, 5.41) is 14.8. The minimum Gasteiger partial charge on any atom is -0.385 e. The summed E-state index contributed by atoms with van der Waals surface area (Å²) in [5.41, 5.74) is 2.30. The highest BCUT2D eigenvalue weighted by Crippen LogP contribution is 2.47. The van der Waals surface area contributed by atoms with Crippen molar-refractivity contribution in [2.45, 2.75) is 76.7 Å². The average Bonchev–Trinajstić information content (AvgIpc) is 2.91. The first-order valence-corrected chi connectivity index (χ1v) is 11.9. The summed E-state index contributed by atoms with van der Waals surface area (Å²) < 4.78 is 0. The van der Waals surface area contributed by atoms with Crippen LogP contribution in [0.5, 0.6) is 0 Å². The molecule has 3 aliphatic carbocycles. The van der Waals surface area contributed by atoms with Gasteiger partial charge in [-0.05, 0) is 80.9 Å².